The maximum atomic E-state index is 5.30. The zero-order valence-corrected chi connectivity index (χ0v) is 9.73. The highest BCUT2D eigenvalue weighted by atomic mass is 16.5. The maximum absolute atomic E-state index is 5.30. The highest BCUT2D eigenvalue weighted by molar-refractivity contribution is 5.16. The standard InChI is InChI=1S/C9H14N6O2/c1-6-12-7(17-15-6)3-4-11-9-14-13-8(16-9)5-10-2/h10H,3-5H2,1-2H3,(H,11,14). The molecule has 0 saturated carbocycles. The smallest absolute Gasteiger partial charge is 0.315 e. The van der Waals surface area contributed by atoms with Gasteiger partial charge in [0.05, 0.1) is 6.54 Å². The second kappa shape index (κ2) is 5.39. The summed E-state index contributed by atoms with van der Waals surface area (Å²) in [5, 5.41) is 17.3. The summed E-state index contributed by atoms with van der Waals surface area (Å²) in [5.74, 6) is 1.77. The average molecular weight is 238 g/mol. The third kappa shape index (κ3) is 3.25. The second-order valence-corrected chi connectivity index (χ2v) is 3.44. The number of anilines is 1. The molecule has 2 rings (SSSR count). The maximum Gasteiger partial charge on any atom is 0.315 e. The number of aromatic nitrogens is 4. The highest BCUT2D eigenvalue weighted by Gasteiger charge is 2.06. The van der Waals surface area contributed by atoms with Gasteiger partial charge in [-0.3, -0.25) is 0 Å². The van der Waals surface area contributed by atoms with Crippen molar-refractivity contribution >= 4 is 6.01 Å². The Labute approximate surface area is 97.8 Å². The number of hydrogen-bond acceptors (Lipinski definition) is 8. The van der Waals surface area contributed by atoms with E-state index in [9.17, 15) is 0 Å². The molecule has 0 atom stereocenters. The van der Waals surface area contributed by atoms with Crippen LogP contribution >= 0.6 is 0 Å². The van der Waals surface area contributed by atoms with E-state index in [1.165, 1.54) is 0 Å². The monoisotopic (exact) mass is 238 g/mol. The molecule has 92 valence electrons. The van der Waals surface area contributed by atoms with Crippen LogP contribution in [0.1, 0.15) is 17.6 Å². The molecule has 0 amide bonds. The largest absolute Gasteiger partial charge is 0.407 e. The van der Waals surface area contributed by atoms with E-state index in [0.29, 0.717) is 43.1 Å². The van der Waals surface area contributed by atoms with Crippen LogP contribution in [-0.2, 0) is 13.0 Å². The first-order valence-corrected chi connectivity index (χ1v) is 5.28. The molecule has 0 radical (unpaired) electrons. The third-order valence-electron chi connectivity index (χ3n) is 1.98. The SMILES string of the molecule is CNCc1nnc(NCCc2nc(C)no2)o1. The van der Waals surface area contributed by atoms with E-state index in [2.05, 4.69) is 31.0 Å². The van der Waals surface area contributed by atoms with Gasteiger partial charge >= 0.3 is 6.01 Å². The molecule has 2 aromatic heterocycles. The fourth-order valence-corrected chi connectivity index (χ4v) is 1.27. The van der Waals surface area contributed by atoms with E-state index in [1.807, 2.05) is 7.05 Å². The molecule has 0 fully saturated rings. The molecule has 0 spiro atoms. The molecule has 0 bridgehead atoms. The van der Waals surface area contributed by atoms with Crippen LogP contribution in [-0.4, -0.2) is 33.9 Å². The lowest BCUT2D eigenvalue weighted by molar-refractivity contribution is 0.376. The molecule has 0 saturated heterocycles. The molecule has 2 heterocycles. The molecular formula is C9H14N6O2. The predicted molar refractivity (Wildman–Crippen MR) is 58.3 cm³/mol. The second-order valence-electron chi connectivity index (χ2n) is 3.44. The Bertz CT molecular complexity index is 466. The summed E-state index contributed by atoms with van der Waals surface area (Å²) in [4.78, 5) is 4.08. The van der Waals surface area contributed by atoms with E-state index >= 15 is 0 Å². The van der Waals surface area contributed by atoms with Crippen LogP contribution in [0.5, 0.6) is 0 Å². The van der Waals surface area contributed by atoms with Crippen LogP contribution < -0.4 is 10.6 Å². The van der Waals surface area contributed by atoms with Gasteiger partial charge in [-0.1, -0.05) is 10.3 Å². The van der Waals surface area contributed by atoms with Gasteiger partial charge in [-0.2, -0.15) is 4.98 Å². The fourth-order valence-electron chi connectivity index (χ4n) is 1.27. The van der Waals surface area contributed by atoms with Crippen LogP contribution in [0.2, 0.25) is 0 Å². The van der Waals surface area contributed by atoms with Gasteiger partial charge in [0.1, 0.15) is 0 Å². The molecule has 0 aliphatic heterocycles. The molecule has 2 aromatic rings. The molecule has 8 nitrogen and oxygen atoms in total. The van der Waals surface area contributed by atoms with Gasteiger partial charge in [-0.05, 0) is 14.0 Å². The van der Waals surface area contributed by atoms with Crippen molar-refractivity contribution in [1.82, 2.24) is 25.7 Å². The zero-order chi connectivity index (χ0) is 12.1. The minimum Gasteiger partial charge on any atom is -0.407 e. The minimum atomic E-state index is 0.395. The van der Waals surface area contributed by atoms with Crippen molar-refractivity contribution in [3.8, 4) is 0 Å². The summed E-state index contributed by atoms with van der Waals surface area (Å²) < 4.78 is 10.3. The van der Waals surface area contributed by atoms with Crippen molar-refractivity contribution in [2.45, 2.75) is 19.9 Å². The van der Waals surface area contributed by atoms with Crippen LogP contribution in [0.15, 0.2) is 8.94 Å². The Morgan fingerprint density at radius 1 is 1.24 bits per heavy atom. The lowest BCUT2D eigenvalue weighted by Gasteiger charge is -1.96. The van der Waals surface area contributed by atoms with Crippen molar-refractivity contribution in [3.63, 3.8) is 0 Å². The van der Waals surface area contributed by atoms with Crippen molar-refractivity contribution in [2.75, 3.05) is 18.9 Å². The molecule has 0 aliphatic carbocycles. The van der Waals surface area contributed by atoms with Crippen LogP contribution in [0, 0.1) is 6.92 Å². The lowest BCUT2D eigenvalue weighted by atomic mass is 10.4. The third-order valence-corrected chi connectivity index (χ3v) is 1.98. The van der Waals surface area contributed by atoms with Gasteiger partial charge in [-0.15, -0.1) is 5.10 Å². The van der Waals surface area contributed by atoms with Crippen molar-refractivity contribution in [3.05, 3.63) is 17.6 Å². The summed E-state index contributed by atoms with van der Waals surface area (Å²) >= 11 is 0. The summed E-state index contributed by atoms with van der Waals surface area (Å²) in [5.41, 5.74) is 0. The number of hydrogen-bond donors (Lipinski definition) is 2. The molecule has 0 aliphatic rings. The molecule has 0 unspecified atom stereocenters. The van der Waals surface area contributed by atoms with Crippen LogP contribution in [0.4, 0.5) is 6.01 Å². The number of aryl methyl sites for hydroxylation is 1. The van der Waals surface area contributed by atoms with Gasteiger partial charge in [0, 0.05) is 13.0 Å². The van der Waals surface area contributed by atoms with Crippen molar-refractivity contribution in [1.29, 1.82) is 0 Å². The number of rotatable bonds is 6. The van der Waals surface area contributed by atoms with Gasteiger partial charge < -0.3 is 19.6 Å². The Morgan fingerprint density at radius 3 is 2.82 bits per heavy atom. The van der Waals surface area contributed by atoms with Gasteiger partial charge in [0.25, 0.3) is 0 Å². The molecular weight excluding hydrogens is 224 g/mol. The van der Waals surface area contributed by atoms with E-state index in [0.717, 1.165) is 0 Å². The Balaban J connectivity index is 1.77. The molecule has 17 heavy (non-hydrogen) atoms. The fraction of sp³-hybridized carbons (Fsp3) is 0.556. The number of nitrogens with one attached hydrogen (secondary N) is 2. The molecule has 2 N–H and O–H groups in total. The van der Waals surface area contributed by atoms with E-state index < -0.39 is 0 Å². The Kier molecular flexibility index (Phi) is 3.66. The first-order chi connectivity index (χ1) is 8.28. The lowest BCUT2D eigenvalue weighted by Crippen LogP contribution is -2.05. The summed E-state index contributed by atoms with van der Waals surface area (Å²) in [7, 11) is 1.81. The van der Waals surface area contributed by atoms with Gasteiger partial charge in [0.2, 0.25) is 11.8 Å². The first kappa shape index (κ1) is 11.5. The molecule has 0 aromatic carbocycles. The summed E-state index contributed by atoms with van der Waals surface area (Å²) in [6, 6.07) is 0.395. The van der Waals surface area contributed by atoms with Crippen molar-refractivity contribution < 1.29 is 8.94 Å². The van der Waals surface area contributed by atoms with Gasteiger partial charge in [-0.25, -0.2) is 0 Å². The minimum absolute atomic E-state index is 0.395. The summed E-state index contributed by atoms with van der Waals surface area (Å²) in [6.45, 7) is 2.93. The van der Waals surface area contributed by atoms with Crippen LogP contribution in [0.3, 0.4) is 0 Å². The summed E-state index contributed by atoms with van der Waals surface area (Å²) in [6.07, 6.45) is 0.616. The van der Waals surface area contributed by atoms with E-state index in [4.69, 9.17) is 8.94 Å². The average Bonchev–Trinajstić information content (AvgIpc) is 2.89. The Hall–Kier alpha value is -1.96. The topological polar surface area (TPSA) is 102 Å². The molecule has 8 heteroatoms. The normalized spacial score (nSPS) is 10.7. The van der Waals surface area contributed by atoms with E-state index in [1.54, 1.807) is 6.92 Å². The highest BCUT2D eigenvalue weighted by Crippen LogP contribution is 2.05. The van der Waals surface area contributed by atoms with Crippen molar-refractivity contribution in [2.24, 2.45) is 0 Å². The first-order valence-electron chi connectivity index (χ1n) is 5.28. The zero-order valence-electron chi connectivity index (χ0n) is 9.73. The van der Waals surface area contributed by atoms with Crippen LogP contribution in [0.25, 0.3) is 0 Å². The van der Waals surface area contributed by atoms with E-state index in [-0.39, 0.29) is 0 Å². The quantitative estimate of drug-likeness (QED) is 0.732. The number of nitrogens with zero attached hydrogens (tertiary/aromatic N) is 4. The van der Waals surface area contributed by atoms with Gasteiger partial charge in [0.15, 0.2) is 5.82 Å². The predicted octanol–water partition coefficient (Wildman–Crippen LogP) is 0.135. The Morgan fingerprint density at radius 2 is 2.12 bits per heavy atom.